The minimum atomic E-state index is 0.0822. The number of methoxy groups -OCH3 is 1. The van der Waals surface area contributed by atoms with Crippen LogP contribution in [0.25, 0.3) is 0 Å². The second-order valence-electron chi connectivity index (χ2n) is 6.03. The summed E-state index contributed by atoms with van der Waals surface area (Å²) in [6.45, 7) is 3.19. The fourth-order valence-corrected chi connectivity index (χ4v) is 3.44. The maximum atomic E-state index is 12.3. The van der Waals surface area contributed by atoms with Crippen molar-refractivity contribution in [3.63, 3.8) is 0 Å². The molecule has 1 aliphatic rings. The smallest absolute Gasteiger partial charge is 0.225 e. The van der Waals surface area contributed by atoms with E-state index in [0.29, 0.717) is 69.4 Å². The molecule has 0 atom stereocenters. The molecule has 26 heavy (non-hydrogen) atoms. The van der Waals surface area contributed by atoms with E-state index in [1.165, 1.54) is 0 Å². The normalized spacial score (nSPS) is 14.4. The van der Waals surface area contributed by atoms with E-state index < -0.39 is 0 Å². The van der Waals surface area contributed by atoms with Gasteiger partial charge in [0, 0.05) is 44.2 Å². The van der Waals surface area contributed by atoms with Gasteiger partial charge in [0.1, 0.15) is 5.75 Å². The summed E-state index contributed by atoms with van der Waals surface area (Å²) in [4.78, 5) is 27.8. The summed E-state index contributed by atoms with van der Waals surface area (Å²) in [5.41, 5.74) is 0. The number of amides is 2. The number of carbonyl (C=O) groups is 2. The molecule has 0 N–H and O–H groups in total. The highest BCUT2D eigenvalue weighted by atomic mass is 79.9. The number of halogens is 2. The van der Waals surface area contributed by atoms with Crippen molar-refractivity contribution in [2.45, 2.75) is 19.3 Å². The Balaban J connectivity index is 1.65. The fourth-order valence-electron chi connectivity index (χ4n) is 2.71. The van der Waals surface area contributed by atoms with Crippen LogP contribution >= 0.6 is 27.5 Å². The molecule has 1 aromatic rings. The lowest BCUT2D eigenvalue weighted by Gasteiger charge is -2.35. The molecule has 1 heterocycles. The van der Waals surface area contributed by atoms with Crippen molar-refractivity contribution in [3.8, 4) is 5.75 Å². The molecule has 0 unspecified atom stereocenters. The minimum Gasteiger partial charge on any atom is -0.492 e. The highest BCUT2D eigenvalue weighted by molar-refractivity contribution is 9.10. The van der Waals surface area contributed by atoms with Gasteiger partial charge in [0.15, 0.2) is 0 Å². The van der Waals surface area contributed by atoms with E-state index in [1.54, 1.807) is 24.1 Å². The maximum Gasteiger partial charge on any atom is 0.225 e. The van der Waals surface area contributed by atoms with E-state index in [1.807, 2.05) is 11.0 Å². The van der Waals surface area contributed by atoms with Gasteiger partial charge >= 0.3 is 0 Å². The zero-order valence-electron chi connectivity index (χ0n) is 14.9. The van der Waals surface area contributed by atoms with Crippen molar-refractivity contribution in [3.05, 3.63) is 27.7 Å². The van der Waals surface area contributed by atoms with Crippen LogP contribution in [0.1, 0.15) is 19.3 Å². The van der Waals surface area contributed by atoms with Gasteiger partial charge < -0.3 is 19.3 Å². The van der Waals surface area contributed by atoms with Crippen molar-refractivity contribution in [2.24, 2.45) is 0 Å². The third-order valence-electron chi connectivity index (χ3n) is 4.19. The molecule has 0 bridgehead atoms. The summed E-state index contributed by atoms with van der Waals surface area (Å²) >= 11 is 9.44. The van der Waals surface area contributed by atoms with Crippen LogP contribution < -0.4 is 4.74 Å². The van der Waals surface area contributed by atoms with Gasteiger partial charge in [-0.1, -0.05) is 27.5 Å². The SMILES string of the molecule is COCCC(=O)N1CCN(C(=O)CCCOc2ccc(Br)cc2Cl)CC1. The Kier molecular flexibility index (Phi) is 8.68. The average molecular weight is 448 g/mol. The minimum absolute atomic E-state index is 0.0822. The number of piperazine rings is 1. The topological polar surface area (TPSA) is 59.1 Å². The van der Waals surface area contributed by atoms with Crippen LogP contribution in [-0.4, -0.2) is 68.1 Å². The van der Waals surface area contributed by atoms with Gasteiger partial charge in [-0.2, -0.15) is 0 Å². The Morgan fingerprint density at radius 2 is 1.69 bits per heavy atom. The first kappa shape index (κ1) is 21.0. The summed E-state index contributed by atoms with van der Waals surface area (Å²) in [7, 11) is 1.58. The van der Waals surface area contributed by atoms with E-state index in [-0.39, 0.29) is 11.8 Å². The van der Waals surface area contributed by atoms with Gasteiger partial charge in [0.25, 0.3) is 0 Å². The number of carbonyl (C=O) groups excluding carboxylic acids is 2. The van der Waals surface area contributed by atoms with Crippen LogP contribution in [-0.2, 0) is 14.3 Å². The van der Waals surface area contributed by atoms with E-state index >= 15 is 0 Å². The Hall–Kier alpha value is -1.31. The summed E-state index contributed by atoms with van der Waals surface area (Å²) < 4.78 is 11.4. The molecular formula is C18H24BrClN2O4. The monoisotopic (exact) mass is 446 g/mol. The lowest BCUT2D eigenvalue weighted by Crippen LogP contribution is -2.50. The van der Waals surface area contributed by atoms with Crippen LogP contribution in [0.2, 0.25) is 5.02 Å². The summed E-state index contributed by atoms with van der Waals surface area (Å²) in [6.07, 6.45) is 1.43. The molecule has 1 saturated heterocycles. The molecule has 1 aliphatic heterocycles. The second kappa shape index (κ2) is 10.7. The van der Waals surface area contributed by atoms with Gasteiger partial charge in [-0.3, -0.25) is 9.59 Å². The highest BCUT2D eigenvalue weighted by Crippen LogP contribution is 2.27. The van der Waals surface area contributed by atoms with Crippen LogP contribution in [0.15, 0.2) is 22.7 Å². The first-order valence-electron chi connectivity index (χ1n) is 8.63. The number of ether oxygens (including phenoxy) is 2. The Morgan fingerprint density at radius 3 is 2.27 bits per heavy atom. The van der Waals surface area contributed by atoms with Crippen LogP contribution in [0.3, 0.4) is 0 Å². The summed E-state index contributed by atoms with van der Waals surface area (Å²) in [5, 5.41) is 0.542. The molecule has 2 amide bonds. The lowest BCUT2D eigenvalue weighted by molar-refractivity contribution is -0.140. The van der Waals surface area contributed by atoms with Crippen molar-refractivity contribution in [2.75, 3.05) is 46.5 Å². The molecule has 6 nitrogen and oxygen atoms in total. The first-order valence-corrected chi connectivity index (χ1v) is 9.80. The summed E-state index contributed by atoms with van der Waals surface area (Å²) in [5.74, 6) is 0.795. The fraction of sp³-hybridized carbons (Fsp3) is 0.556. The van der Waals surface area contributed by atoms with Crippen molar-refractivity contribution in [1.29, 1.82) is 0 Å². The van der Waals surface area contributed by atoms with E-state index in [2.05, 4.69) is 15.9 Å². The molecular weight excluding hydrogens is 424 g/mol. The molecule has 0 radical (unpaired) electrons. The number of nitrogens with zero attached hydrogens (tertiary/aromatic N) is 2. The molecule has 2 rings (SSSR count). The van der Waals surface area contributed by atoms with Gasteiger partial charge in [0.2, 0.25) is 11.8 Å². The van der Waals surface area contributed by atoms with Crippen LogP contribution in [0.5, 0.6) is 5.75 Å². The molecule has 1 aromatic carbocycles. The molecule has 0 spiro atoms. The summed E-state index contributed by atoms with van der Waals surface area (Å²) in [6, 6.07) is 5.43. The molecule has 0 aromatic heterocycles. The second-order valence-corrected chi connectivity index (χ2v) is 7.35. The molecule has 1 fully saturated rings. The maximum absolute atomic E-state index is 12.3. The van der Waals surface area contributed by atoms with Gasteiger partial charge in [-0.05, 0) is 24.6 Å². The first-order chi connectivity index (χ1) is 12.5. The third-order valence-corrected chi connectivity index (χ3v) is 4.98. The van der Waals surface area contributed by atoms with Gasteiger partial charge in [-0.15, -0.1) is 0 Å². The van der Waals surface area contributed by atoms with Crippen molar-refractivity contribution < 1.29 is 19.1 Å². The van der Waals surface area contributed by atoms with Crippen LogP contribution in [0, 0.1) is 0 Å². The number of hydrogen-bond acceptors (Lipinski definition) is 4. The van der Waals surface area contributed by atoms with Gasteiger partial charge in [0.05, 0.1) is 24.7 Å². The van der Waals surface area contributed by atoms with Crippen molar-refractivity contribution in [1.82, 2.24) is 9.80 Å². The molecule has 0 saturated carbocycles. The number of rotatable bonds is 8. The Morgan fingerprint density at radius 1 is 1.08 bits per heavy atom. The van der Waals surface area contributed by atoms with Crippen molar-refractivity contribution >= 4 is 39.3 Å². The van der Waals surface area contributed by atoms with Crippen LogP contribution in [0.4, 0.5) is 0 Å². The highest BCUT2D eigenvalue weighted by Gasteiger charge is 2.23. The predicted octanol–water partition coefficient (Wildman–Crippen LogP) is 2.97. The quantitative estimate of drug-likeness (QED) is 0.575. The van der Waals surface area contributed by atoms with E-state index in [9.17, 15) is 9.59 Å². The zero-order valence-corrected chi connectivity index (χ0v) is 17.2. The predicted molar refractivity (Wildman–Crippen MR) is 104 cm³/mol. The average Bonchev–Trinajstić information content (AvgIpc) is 2.64. The lowest BCUT2D eigenvalue weighted by atomic mass is 10.2. The molecule has 8 heteroatoms. The Bertz CT molecular complexity index is 621. The molecule has 144 valence electrons. The molecule has 0 aliphatic carbocycles. The standard InChI is InChI=1S/C18H24BrClN2O4/c1-25-12-6-18(24)22-9-7-21(8-10-22)17(23)3-2-11-26-16-5-4-14(19)13-15(16)20/h4-5,13H,2-3,6-12H2,1H3. The van der Waals surface area contributed by atoms with E-state index in [0.717, 1.165) is 4.47 Å². The van der Waals surface area contributed by atoms with E-state index in [4.69, 9.17) is 21.1 Å². The third kappa shape index (κ3) is 6.45. The zero-order chi connectivity index (χ0) is 18.9. The number of benzene rings is 1. The van der Waals surface area contributed by atoms with Gasteiger partial charge in [-0.25, -0.2) is 0 Å². The Labute approximate surface area is 167 Å². The number of hydrogen-bond donors (Lipinski definition) is 0. The largest absolute Gasteiger partial charge is 0.492 e.